The molecule has 1 aromatic carbocycles. The molecule has 0 fully saturated rings. The molecule has 0 aliphatic heterocycles. The molecule has 1 N–H and O–H groups in total. The van der Waals surface area contributed by atoms with Gasteiger partial charge in [0.1, 0.15) is 11.9 Å². The van der Waals surface area contributed by atoms with Crippen LogP contribution in [0.25, 0.3) is 11.3 Å². The monoisotopic (exact) mass is 569 g/mol. The van der Waals surface area contributed by atoms with Gasteiger partial charge >= 0.3 is 5.97 Å². The maximum atomic E-state index is 13.4. The summed E-state index contributed by atoms with van der Waals surface area (Å²) in [5.41, 5.74) is 3.05. The molecule has 0 aliphatic rings. The number of hydrogen-bond donors (Lipinski definition) is 1. The highest BCUT2D eigenvalue weighted by Gasteiger charge is 2.26. The van der Waals surface area contributed by atoms with Crippen molar-refractivity contribution in [3.05, 3.63) is 52.3 Å². The van der Waals surface area contributed by atoms with Crippen molar-refractivity contribution in [3.8, 4) is 11.3 Å². The van der Waals surface area contributed by atoms with Crippen LogP contribution in [0.5, 0.6) is 0 Å². The number of rotatable bonds is 11. The number of carbonyl (C=O) groups is 1. The number of ether oxygens (including phenoxy) is 2. The fourth-order valence-electron chi connectivity index (χ4n) is 3.46. The highest BCUT2D eigenvalue weighted by molar-refractivity contribution is 8.32. The minimum Gasteiger partial charge on any atom is -0.461 e. The number of aromatic nitrogens is 4. The molecule has 0 saturated carbocycles. The molecular formula is C24H32ClN5O5S2. The standard InChI is InChI=1S/C24H32ClN5O5S2/c1-7-35-23(31)19-14-21(30(28-19)15-34-11-12-36(4,5)6)37(32,33)29-24-26-18(13-20(25)27-24)22-16(2)9-8-10-17(22)3/h8-10,13-14H,7,11-12,15H2,1-6H3,(H,26,27,29). The lowest BCUT2D eigenvalue weighted by Crippen LogP contribution is -2.21. The van der Waals surface area contributed by atoms with E-state index in [1.807, 2.05) is 32.0 Å². The van der Waals surface area contributed by atoms with Gasteiger partial charge in [0.2, 0.25) is 5.95 Å². The highest BCUT2D eigenvalue weighted by atomic mass is 35.5. The lowest BCUT2D eigenvalue weighted by atomic mass is 10.00. The summed E-state index contributed by atoms with van der Waals surface area (Å²) in [5.74, 6) is -0.127. The highest BCUT2D eigenvalue weighted by Crippen LogP contribution is 2.33. The topological polar surface area (TPSA) is 125 Å². The summed E-state index contributed by atoms with van der Waals surface area (Å²) in [5, 5.41) is 3.89. The Bertz CT molecular complexity index is 1370. The Morgan fingerprint density at radius 2 is 1.78 bits per heavy atom. The van der Waals surface area contributed by atoms with Gasteiger partial charge in [-0.05, 0) is 50.7 Å². The van der Waals surface area contributed by atoms with Crippen LogP contribution < -0.4 is 4.72 Å². The van der Waals surface area contributed by atoms with E-state index in [4.69, 9.17) is 21.1 Å². The first-order chi connectivity index (χ1) is 17.3. The Labute approximate surface area is 224 Å². The molecule has 0 amide bonds. The molecule has 2 heterocycles. The van der Waals surface area contributed by atoms with Gasteiger partial charge in [0.05, 0.1) is 18.9 Å². The van der Waals surface area contributed by atoms with Crippen LogP contribution in [0.2, 0.25) is 5.15 Å². The third kappa shape index (κ3) is 7.67. The molecule has 10 nitrogen and oxygen atoms in total. The maximum Gasteiger partial charge on any atom is 0.358 e. The summed E-state index contributed by atoms with van der Waals surface area (Å²) in [7, 11) is -5.09. The quantitative estimate of drug-likeness (QED) is 0.206. The van der Waals surface area contributed by atoms with Gasteiger partial charge < -0.3 is 9.47 Å². The Morgan fingerprint density at radius 3 is 2.41 bits per heavy atom. The van der Waals surface area contributed by atoms with Crippen molar-refractivity contribution < 1.29 is 22.7 Å². The molecular weight excluding hydrogens is 538 g/mol. The minimum atomic E-state index is -4.29. The normalized spacial score (nSPS) is 12.4. The Hall–Kier alpha value is -2.67. The van der Waals surface area contributed by atoms with E-state index in [0.29, 0.717) is 12.3 Å². The lowest BCUT2D eigenvalue weighted by molar-refractivity contribution is 0.0509. The second kappa shape index (κ2) is 11.8. The smallest absolute Gasteiger partial charge is 0.358 e. The number of nitrogens with one attached hydrogen (secondary N) is 1. The first-order valence-corrected chi connectivity index (χ1v) is 16.3. The van der Waals surface area contributed by atoms with Gasteiger partial charge in [-0.25, -0.2) is 34.2 Å². The number of esters is 1. The fourth-order valence-corrected chi connectivity index (χ4v) is 5.33. The van der Waals surface area contributed by atoms with Crippen LogP contribution in [0.15, 0.2) is 35.4 Å². The molecule has 0 unspecified atom stereocenters. The molecule has 2 aromatic heterocycles. The number of benzene rings is 1. The van der Waals surface area contributed by atoms with Crippen LogP contribution in [0.1, 0.15) is 28.5 Å². The van der Waals surface area contributed by atoms with Crippen LogP contribution in [0.3, 0.4) is 0 Å². The fraction of sp³-hybridized carbons (Fsp3) is 0.417. The molecule has 0 aliphatic carbocycles. The second-order valence-electron chi connectivity index (χ2n) is 9.19. The lowest BCUT2D eigenvalue weighted by Gasteiger charge is -2.24. The van der Waals surface area contributed by atoms with E-state index in [1.54, 1.807) is 13.0 Å². The van der Waals surface area contributed by atoms with Gasteiger partial charge in [0, 0.05) is 23.4 Å². The van der Waals surface area contributed by atoms with Crippen molar-refractivity contribution in [2.24, 2.45) is 0 Å². The van der Waals surface area contributed by atoms with Crippen molar-refractivity contribution >= 4 is 43.6 Å². The van der Waals surface area contributed by atoms with Crippen molar-refractivity contribution in [3.63, 3.8) is 0 Å². The molecule has 13 heteroatoms. The Kier molecular flexibility index (Phi) is 9.22. The number of nitrogens with zero attached hydrogens (tertiary/aromatic N) is 4. The number of aryl methyl sites for hydroxylation is 2. The first kappa shape index (κ1) is 28.9. The van der Waals surface area contributed by atoms with Crippen molar-refractivity contribution in [1.82, 2.24) is 19.7 Å². The van der Waals surface area contributed by atoms with Crippen molar-refractivity contribution in [2.75, 3.05) is 42.5 Å². The predicted molar refractivity (Wildman–Crippen MR) is 147 cm³/mol. The van der Waals surface area contributed by atoms with E-state index in [0.717, 1.165) is 33.2 Å². The number of halogens is 1. The number of carbonyl (C=O) groups excluding carboxylic acids is 1. The van der Waals surface area contributed by atoms with Crippen LogP contribution in [-0.4, -0.2) is 71.9 Å². The van der Waals surface area contributed by atoms with Crippen molar-refractivity contribution in [2.45, 2.75) is 32.5 Å². The average molecular weight is 570 g/mol. The molecule has 3 aromatic rings. The van der Waals surface area contributed by atoms with Crippen LogP contribution in [0, 0.1) is 13.8 Å². The molecule has 0 saturated heterocycles. The van der Waals surface area contributed by atoms with E-state index >= 15 is 0 Å². The van der Waals surface area contributed by atoms with Crippen LogP contribution in [-0.2, 0) is 26.2 Å². The molecule has 0 radical (unpaired) electrons. The summed E-state index contributed by atoms with van der Waals surface area (Å²) in [4.78, 5) is 20.7. The molecule has 37 heavy (non-hydrogen) atoms. The van der Waals surface area contributed by atoms with Crippen LogP contribution >= 0.6 is 21.6 Å². The average Bonchev–Trinajstić information content (AvgIpc) is 3.21. The summed E-state index contributed by atoms with van der Waals surface area (Å²) in [6.07, 6.45) is 6.46. The van der Waals surface area contributed by atoms with Gasteiger partial charge in [-0.3, -0.25) is 0 Å². The van der Waals surface area contributed by atoms with Gasteiger partial charge in [0.25, 0.3) is 10.0 Å². The third-order valence-electron chi connectivity index (χ3n) is 5.21. The summed E-state index contributed by atoms with van der Waals surface area (Å²) >= 11 is 6.23. The van der Waals surface area contributed by atoms with E-state index in [-0.39, 0.29) is 35.2 Å². The van der Waals surface area contributed by atoms with E-state index in [9.17, 15) is 13.2 Å². The predicted octanol–water partition coefficient (Wildman–Crippen LogP) is 4.26. The molecule has 0 spiro atoms. The van der Waals surface area contributed by atoms with E-state index in [2.05, 4.69) is 38.6 Å². The third-order valence-corrected chi connectivity index (χ3v) is 8.13. The Balaban J connectivity index is 1.95. The number of hydrogen-bond acceptors (Lipinski definition) is 8. The summed E-state index contributed by atoms with van der Waals surface area (Å²) < 4.78 is 40.9. The molecule has 0 bridgehead atoms. The van der Waals surface area contributed by atoms with Gasteiger partial charge in [0.15, 0.2) is 10.7 Å². The zero-order valence-corrected chi connectivity index (χ0v) is 24.1. The van der Waals surface area contributed by atoms with Gasteiger partial charge in [-0.2, -0.15) is 13.5 Å². The SMILES string of the molecule is CCOC(=O)c1cc(S(=O)(=O)Nc2nc(Cl)cc(-c3c(C)cccc3C)n2)n(COCCS(C)(C)C)n1. The van der Waals surface area contributed by atoms with Gasteiger partial charge in [-0.15, -0.1) is 0 Å². The van der Waals surface area contributed by atoms with Crippen LogP contribution in [0.4, 0.5) is 5.95 Å². The maximum absolute atomic E-state index is 13.4. The van der Waals surface area contributed by atoms with E-state index in [1.165, 1.54) is 0 Å². The zero-order chi connectivity index (χ0) is 27.4. The first-order valence-electron chi connectivity index (χ1n) is 11.4. The molecule has 0 atom stereocenters. The molecule has 3 rings (SSSR count). The largest absolute Gasteiger partial charge is 0.461 e. The molecule has 202 valence electrons. The minimum absolute atomic E-state index is 0.0686. The Morgan fingerprint density at radius 1 is 1.11 bits per heavy atom. The van der Waals surface area contributed by atoms with Crippen molar-refractivity contribution in [1.29, 1.82) is 0 Å². The summed E-state index contributed by atoms with van der Waals surface area (Å²) in [6, 6.07) is 8.49. The zero-order valence-electron chi connectivity index (χ0n) is 21.7. The number of anilines is 1. The second-order valence-corrected chi connectivity index (χ2v) is 15.8. The number of sulfonamides is 1. The van der Waals surface area contributed by atoms with E-state index < -0.39 is 26.0 Å². The van der Waals surface area contributed by atoms with Gasteiger partial charge in [-0.1, -0.05) is 29.8 Å². The summed E-state index contributed by atoms with van der Waals surface area (Å²) in [6.45, 7) is 5.87.